The molecular formula is C21H18N2O4. The number of ether oxygens (including phenoxy) is 1. The zero-order chi connectivity index (χ0) is 19.2. The number of benzene rings is 2. The lowest BCUT2D eigenvalue weighted by Crippen LogP contribution is -1.99. The number of aliphatic hydroxyl groups is 1. The zero-order valence-corrected chi connectivity index (χ0v) is 14.5. The molecule has 0 fully saturated rings. The van der Waals surface area contributed by atoms with Gasteiger partial charge in [0.15, 0.2) is 0 Å². The summed E-state index contributed by atoms with van der Waals surface area (Å²) in [6.45, 7) is 0.490. The van der Waals surface area contributed by atoms with Crippen LogP contribution in [-0.2, 0) is 0 Å². The third-order valence-electron chi connectivity index (χ3n) is 4.08. The fourth-order valence-corrected chi connectivity index (χ4v) is 2.71. The Morgan fingerprint density at radius 3 is 2.59 bits per heavy atom. The van der Waals surface area contributed by atoms with Crippen molar-refractivity contribution in [2.24, 2.45) is 0 Å². The Hall–Kier alpha value is -3.56. The van der Waals surface area contributed by atoms with Crippen molar-refractivity contribution < 1.29 is 19.7 Å². The predicted octanol–water partition coefficient (Wildman–Crippen LogP) is 3.48. The van der Waals surface area contributed by atoms with E-state index in [0.29, 0.717) is 24.3 Å². The molecule has 0 amide bonds. The van der Waals surface area contributed by atoms with Crippen molar-refractivity contribution in [2.45, 2.75) is 6.42 Å². The van der Waals surface area contributed by atoms with Crippen LogP contribution >= 0.6 is 0 Å². The molecule has 6 heteroatoms. The summed E-state index contributed by atoms with van der Waals surface area (Å²) in [5, 5.41) is 27.4. The van der Waals surface area contributed by atoms with Crippen LogP contribution in [0.25, 0.3) is 16.8 Å². The van der Waals surface area contributed by atoms with E-state index in [4.69, 9.17) is 14.9 Å². The van der Waals surface area contributed by atoms with E-state index in [1.54, 1.807) is 22.9 Å². The van der Waals surface area contributed by atoms with Crippen LogP contribution in [0.2, 0.25) is 0 Å². The lowest BCUT2D eigenvalue weighted by Gasteiger charge is -2.07. The Labute approximate surface area is 156 Å². The number of nitriles is 1. The maximum Gasteiger partial charge on any atom is 0.335 e. The van der Waals surface area contributed by atoms with Crippen LogP contribution in [0, 0.1) is 11.3 Å². The number of aromatic nitrogens is 1. The van der Waals surface area contributed by atoms with Crippen molar-refractivity contribution in [2.75, 3.05) is 13.2 Å². The molecule has 1 aromatic heterocycles. The standard InChI is InChI=1S/C21H18N2O4/c22-12-17-13-23(18-7-5-15(6-8-18)21(25)26)14-20(17)16-3-1-4-19(11-16)27-10-2-9-24/h1,3-8,11,13-14,24H,2,9-10H2,(H,25,26). The molecule has 0 bridgehead atoms. The van der Waals surface area contributed by atoms with Gasteiger partial charge in [-0.25, -0.2) is 4.79 Å². The topological polar surface area (TPSA) is 95.5 Å². The summed E-state index contributed by atoms with van der Waals surface area (Å²) in [6.07, 6.45) is 4.10. The predicted molar refractivity (Wildman–Crippen MR) is 100 cm³/mol. The van der Waals surface area contributed by atoms with Gasteiger partial charge in [0.25, 0.3) is 0 Å². The van der Waals surface area contributed by atoms with Crippen molar-refractivity contribution in [3.63, 3.8) is 0 Å². The number of rotatable bonds is 7. The van der Waals surface area contributed by atoms with E-state index in [2.05, 4.69) is 6.07 Å². The molecule has 0 unspecified atom stereocenters. The SMILES string of the molecule is N#Cc1cn(-c2ccc(C(=O)O)cc2)cc1-c1cccc(OCCCO)c1. The van der Waals surface area contributed by atoms with Gasteiger partial charge in [0.2, 0.25) is 0 Å². The average Bonchev–Trinajstić information content (AvgIpc) is 3.13. The fraction of sp³-hybridized carbons (Fsp3) is 0.143. The first-order chi connectivity index (χ1) is 13.1. The van der Waals surface area contributed by atoms with E-state index in [1.165, 1.54) is 12.1 Å². The highest BCUT2D eigenvalue weighted by Crippen LogP contribution is 2.29. The number of aliphatic hydroxyl groups excluding tert-OH is 1. The smallest absolute Gasteiger partial charge is 0.335 e. The third-order valence-corrected chi connectivity index (χ3v) is 4.08. The van der Waals surface area contributed by atoms with Crippen LogP contribution in [-0.4, -0.2) is 34.0 Å². The van der Waals surface area contributed by atoms with Gasteiger partial charge in [-0.2, -0.15) is 5.26 Å². The summed E-state index contributed by atoms with van der Waals surface area (Å²) in [7, 11) is 0. The van der Waals surface area contributed by atoms with Crippen molar-refractivity contribution in [3.05, 3.63) is 72.1 Å². The van der Waals surface area contributed by atoms with E-state index in [1.807, 2.05) is 30.5 Å². The van der Waals surface area contributed by atoms with Crippen molar-refractivity contribution in [1.82, 2.24) is 4.57 Å². The summed E-state index contributed by atoms with van der Waals surface area (Å²) >= 11 is 0. The monoisotopic (exact) mass is 362 g/mol. The third kappa shape index (κ3) is 4.17. The molecule has 0 aliphatic heterocycles. The van der Waals surface area contributed by atoms with Gasteiger partial charge in [-0.05, 0) is 42.0 Å². The molecule has 6 nitrogen and oxygen atoms in total. The largest absolute Gasteiger partial charge is 0.493 e. The minimum absolute atomic E-state index is 0.0712. The first-order valence-electron chi connectivity index (χ1n) is 8.42. The van der Waals surface area contributed by atoms with E-state index >= 15 is 0 Å². The Bertz CT molecular complexity index is 984. The van der Waals surface area contributed by atoms with Crippen LogP contribution in [0.5, 0.6) is 5.75 Å². The number of hydrogen-bond donors (Lipinski definition) is 2. The van der Waals surface area contributed by atoms with Crippen LogP contribution in [0.3, 0.4) is 0 Å². The van der Waals surface area contributed by atoms with E-state index in [-0.39, 0.29) is 12.2 Å². The second-order valence-electron chi connectivity index (χ2n) is 5.91. The summed E-state index contributed by atoms with van der Waals surface area (Å²) in [5.41, 5.74) is 3.07. The average molecular weight is 362 g/mol. The van der Waals surface area contributed by atoms with Crippen LogP contribution in [0.1, 0.15) is 22.3 Å². The van der Waals surface area contributed by atoms with Gasteiger partial charge in [0.1, 0.15) is 11.8 Å². The summed E-state index contributed by atoms with van der Waals surface area (Å²) in [4.78, 5) is 11.0. The molecule has 0 atom stereocenters. The molecule has 0 saturated heterocycles. The van der Waals surface area contributed by atoms with Crippen molar-refractivity contribution in [1.29, 1.82) is 5.26 Å². The molecule has 0 aliphatic rings. The van der Waals surface area contributed by atoms with E-state index < -0.39 is 5.97 Å². The molecule has 136 valence electrons. The number of carbonyl (C=O) groups is 1. The van der Waals surface area contributed by atoms with E-state index in [0.717, 1.165) is 16.8 Å². The fourth-order valence-electron chi connectivity index (χ4n) is 2.71. The lowest BCUT2D eigenvalue weighted by atomic mass is 10.1. The number of carboxylic acid groups (broad SMARTS) is 1. The zero-order valence-electron chi connectivity index (χ0n) is 14.5. The van der Waals surface area contributed by atoms with Crippen LogP contribution < -0.4 is 4.74 Å². The molecule has 3 rings (SSSR count). The van der Waals surface area contributed by atoms with Gasteiger partial charge >= 0.3 is 5.97 Å². The first kappa shape index (κ1) is 18.2. The molecule has 27 heavy (non-hydrogen) atoms. The molecule has 2 N–H and O–H groups in total. The quantitative estimate of drug-likeness (QED) is 0.628. The molecule has 3 aromatic rings. The summed E-state index contributed by atoms with van der Waals surface area (Å²) in [5.74, 6) is -0.311. The van der Waals surface area contributed by atoms with Crippen molar-refractivity contribution >= 4 is 5.97 Å². The highest BCUT2D eigenvalue weighted by molar-refractivity contribution is 5.87. The van der Waals surface area contributed by atoms with Crippen LogP contribution in [0.4, 0.5) is 0 Å². The summed E-state index contributed by atoms with van der Waals surface area (Å²) in [6, 6.07) is 16.1. The molecule has 0 spiro atoms. The highest BCUT2D eigenvalue weighted by atomic mass is 16.5. The Balaban J connectivity index is 1.92. The molecule has 2 aromatic carbocycles. The minimum Gasteiger partial charge on any atom is -0.493 e. The molecule has 0 aliphatic carbocycles. The normalized spacial score (nSPS) is 10.4. The van der Waals surface area contributed by atoms with Crippen molar-refractivity contribution in [3.8, 4) is 28.6 Å². The van der Waals surface area contributed by atoms with E-state index in [9.17, 15) is 10.1 Å². The van der Waals surface area contributed by atoms with Crippen LogP contribution in [0.15, 0.2) is 60.9 Å². The second kappa shape index (κ2) is 8.21. The first-order valence-corrected chi connectivity index (χ1v) is 8.42. The van der Waals surface area contributed by atoms with Gasteiger partial charge < -0.3 is 19.5 Å². The Morgan fingerprint density at radius 1 is 1.15 bits per heavy atom. The van der Waals surface area contributed by atoms with Gasteiger partial charge in [-0.3, -0.25) is 0 Å². The Kier molecular flexibility index (Phi) is 5.55. The maximum absolute atomic E-state index is 11.0. The number of aromatic carboxylic acids is 1. The minimum atomic E-state index is -0.981. The summed E-state index contributed by atoms with van der Waals surface area (Å²) < 4.78 is 7.39. The number of hydrogen-bond acceptors (Lipinski definition) is 4. The number of nitrogens with zero attached hydrogens (tertiary/aromatic N) is 2. The lowest BCUT2D eigenvalue weighted by molar-refractivity contribution is 0.0697. The molecule has 0 radical (unpaired) electrons. The van der Waals surface area contributed by atoms with Gasteiger partial charge in [-0.15, -0.1) is 0 Å². The highest BCUT2D eigenvalue weighted by Gasteiger charge is 2.11. The second-order valence-corrected chi connectivity index (χ2v) is 5.91. The molecular weight excluding hydrogens is 344 g/mol. The van der Waals surface area contributed by atoms with Gasteiger partial charge in [-0.1, -0.05) is 12.1 Å². The maximum atomic E-state index is 11.0. The Morgan fingerprint density at radius 2 is 1.93 bits per heavy atom. The van der Waals surface area contributed by atoms with Gasteiger partial charge in [0, 0.05) is 36.7 Å². The number of carboxylic acids is 1. The van der Waals surface area contributed by atoms with Gasteiger partial charge in [0.05, 0.1) is 17.7 Å². The molecule has 0 saturated carbocycles. The molecule has 1 heterocycles.